The van der Waals surface area contributed by atoms with Gasteiger partial charge in [0, 0.05) is 16.8 Å². The second kappa shape index (κ2) is 7.56. The summed E-state index contributed by atoms with van der Waals surface area (Å²) in [6.45, 7) is 0. The van der Waals surface area contributed by atoms with E-state index in [1.807, 2.05) is 53.1 Å². The molecule has 0 N–H and O–H groups in total. The Morgan fingerprint density at radius 3 is 2.24 bits per heavy atom. The quantitative estimate of drug-likeness (QED) is 0.199. The highest BCUT2D eigenvalue weighted by Gasteiger charge is 2.34. The summed E-state index contributed by atoms with van der Waals surface area (Å²) in [4.78, 5) is 30.9. The van der Waals surface area contributed by atoms with Crippen LogP contribution in [0.4, 0.5) is 0 Å². The fourth-order valence-electron chi connectivity index (χ4n) is 3.95. The molecule has 0 spiro atoms. The van der Waals surface area contributed by atoms with Crippen LogP contribution >= 0.6 is 34.5 Å². The fourth-order valence-corrected chi connectivity index (χ4v) is 5.25. The molecule has 5 aromatic rings. The molecule has 0 atom stereocenters. The molecular weight excluding hydrogens is 479 g/mol. The van der Waals surface area contributed by atoms with E-state index in [4.69, 9.17) is 32.6 Å². The van der Waals surface area contributed by atoms with Gasteiger partial charge < -0.3 is 4.42 Å². The van der Waals surface area contributed by atoms with E-state index in [1.165, 1.54) is 23.5 Å². The number of Topliss-reactive ketones (excluding diaryl/α,β-unsaturated/α-hetero) is 2. The summed E-state index contributed by atoms with van der Waals surface area (Å²) in [5.41, 5.74) is 2.83. The number of benzene rings is 2. The number of rotatable bonds is 3. The van der Waals surface area contributed by atoms with Crippen molar-refractivity contribution in [2.24, 2.45) is 0 Å². The van der Waals surface area contributed by atoms with Gasteiger partial charge in [0.1, 0.15) is 0 Å². The lowest BCUT2D eigenvalue weighted by atomic mass is 10.1. The van der Waals surface area contributed by atoms with Crippen LogP contribution in [0.5, 0.6) is 0 Å². The van der Waals surface area contributed by atoms with Crippen LogP contribution in [0.2, 0.25) is 10.0 Å². The van der Waals surface area contributed by atoms with Gasteiger partial charge >= 0.3 is 0 Å². The highest BCUT2D eigenvalue weighted by Crippen LogP contribution is 2.37. The van der Waals surface area contributed by atoms with Crippen molar-refractivity contribution >= 4 is 62.5 Å². The largest absolute Gasteiger partial charge is 0.462 e. The number of halogens is 2. The molecule has 8 heteroatoms. The van der Waals surface area contributed by atoms with Crippen molar-refractivity contribution in [3.8, 4) is 16.5 Å². The number of ketones is 2. The Morgan fingerprint density at radius 1 is 0.909 bits per heavy atom. The van der Waals surface area contributed by atoms with Gasteiger partial charge in [-0.05, 0) is 48.5 Å². The van der Waals surface area contributed by atoms with Gasteiger partial charge in [0.2, 0.25) is 0 Å². The van der Waals surface area contributed by atoms with Gasteiger partial charge in [0.25, 0.3) is 0 Å². The van der Waals surface area contributed by atoms with Crippen LogP contribution in [-0.4, -0.2) is 21.1 Å². The molecule has 0 amide bonds. The number of hydrogen-bond acceptors (Lipinski definition) is 5. The maximum atomic E-state index is 13.1. The van der Waals surface area contributed by atoms with Gasteiger partial charge in [0.15, 0.2) is 28.0 Å². The molecule has 0 aliphatic heterocycles. The van der Waals surface area contributed by atoms with E-state index in [0.717, 1.165) is 15.4 Å². The van der Waals surface area contributed by atoms with E-state index in [2.05, 4.69) is 0 Å². The minimum Gasteiger partial charge on any atom is -0.462 e. The molecule has 0 saturated carbocycles. The normalized spacial score (nSPS) is 13.2. The van der Waals surface area contributed by atoms with Crippen LogP contribution in [0.1, 0.15) is 26.4 Å². The summed E-state index contributed by atoms with van der Waals surface area (Å²) in [6.07, 6.45) is 3.22. The number of carbonyl (C=O) groups is 2. The first-order valence-electron chi connectivity index (χ1n) is 9.93. The van der Waals surface area contributed by atoms with Gasteiger partial charge in [-0.3, -0.25) is 14.2 Å². The molecule has 0 fully saturated rings. The van der Waals surface area contributed by atoms with Crippen molar-refractivity contribution in [1.29, 1.82) is 0 Å². The molecule has 33 heavy (non-hydrogen) atoms. The van der Waals surface area contributed by atoms with E-state index in [-0.39, 0.29) is 38.3 Å². The summed E-state index contributed by atoms with van der Waals surface area (Å²) in [7, 11) is 0. The average Bonchev–Trinajstić information content (AvgIpc) is 3.57. The predicted octanol–water partition coefficient (Wildman–Crippen LogP) is 7.12. The Bertz CT molecular complexity index is 1570. The van der Waals surface area contributed by atoms with Gasteiger partial charge in [-0.15, -0.1) is 11.3 Å². The smallest absolute Gasteiger partial charge is 0.197 e. The minimum atomic E-state index is -0.373. The number of furan rings is 1. The molecule has 2 aromatic carbocycles. The molecule has 1 aliphatic rings. The van der Waals surface area contributed by atoms with Gasteiger partial charge in [0.05, 0.1) is 32.3 Å². The van der Waals surface area contributed by atoms with E-state index in [0.29, 0.717) is 17.1 Å². The van der Waals surface area contributed by atoms with Crippen molar-refractivity contribution in [2.75, 3.05) is 0 Å². The van der Waals surface area contributed by atoms with Gasteiger partial charge in [-0.2, -0.15) is 0 Å². The highest BCUT2D eigenvalue weighted by atomic mass is 35.5. The third-order valence-electron chi connectivity index (χ3n) is 5.46. The standard InChI is InChI=1S/C25H12Cl2N2O3S/c26-18-11-15-16(12-19(18)27)23(31)17(22(15)30)9-14-10-21-24(29(14)13-5-2-1-3-6-13)28-25(33-21)20-7-4-8-32-20/h1-12H. The SMILES string of the molecule is O=C1C(=Cc2cc3sc(-c4ccco4)nc3n2-c2ccccc2)C(=O)c2cc(Cl)c(Cl)cc21. The number of hydrogen-bond donors (Lipinski definition) is 0. The first-order chi connectivity index (χ1) is 16.0. The second-order valence-electron chi connectivity index (χ2n) is 7.45. The Balaban J connectivity index is 1.54. The number of thiazole rings is 1. The summed E-state index contributed by atoms with van der Waals surface area (Å²) in [5.74, 6) is -0.0648. The number of carbonyl (C=O) groups excluding carboxylic acids is 2. The molecule has 160 valence electrons. The average molecular weight is 491 g/mol. The molecule has 6 rings (SSSR count). The maximum Gasteiger partial charge on any atom is 0.197 e. The number of fused-ring (bicyclic) bond motifs is 2. The first kappa shape index (κ1) is 20.2. The molecule has 0 saturated heterocycles. The van der Waals surface area contributed by atoms with Crippen molar-refractivity contribution < 1.29 is 14.0 Å². The summed E-state index contributed by atoms with van der Waals surface area (Å²) in [5, 5.41) is 1.22. The summed E-state index contributed by atoms with van der Waals surface area (Å²) < 4.78 is 8.33. The highest BCUT2D eigenvalue weighted by molar-refractivity contribution is 7.21. The number of nitrogens with zero attached hydrogens (tertiary/aromatic N) is 2. The number of para-hydroxylation sites is 1. The first-order valence-corrected chi connectivity index (χ1v) is 11.5. The van der Waals surface area contributed by atoms with Crippen molar-refractivity contribution in [3.05, 3.63) is 99.4 Å². The lowest BCUT2D eigenvalue weighted by Crippen LogP contribution is -2.03. The lowest BCUT2D eigenvalue weighted by molar-refractivity contribution is 0.0990. The van der Waals surface area contributed by atoms with Crippen molar-refractivity contribution in [3.63, 3.8) is 0 Å². The van der Waals surface area contributed by atoms with Crippen LogP contribution in [0.3, 0.4) is 0 Å². The van der Waals surface area contributed by atoms with Crippen molar-refractivity contribution in [1.82, 2.24) is 9.55 Å². The molecular formula is C25H12Cl2N2O3S. The molecule has 0 unspecified atom stereocenters. The zero-order valence-electron chi connectivity index (χ0n) is 16.7. The molecule has 3 aromatic heterocycles. The van der Waals surface area contributed by atoms with E-state index >= 15 is 0 Å². The Kier molecular flexibility index (Phi) is 4.62. The minimum absolute atomic E-state index is 0.0666. The molecule has 0 bridgehead atoms. The molecule has 1 aliphatic carbocycles. The molecule has 5 nitrogen and oxygen atoms in total. The zero-order chi connectivity index (χ0) is 22.7. The predicted molar refractivity (Wildman–Crippen MR) is 130 cm³/mol. The maximum absolute atomic E-state index is 13.1. The van der Waals surface area contributed by atoms with Gasteiger partial charge in [-0.25, -0.2) is 4.98 Å². The third kappa shape index (κ3) is 3.18. The third-order valence-corrected chi connectivity index (χ3v) is 7.19. The van der Waals surface area contributed by atoms with E-state index < -0.39 is 0 Å². The molecule has 0 radical (unpaired) electrons. The Morgan fingerprint density at radius 2 is 1.61 bits per heavy atom. The number of allylic oxidation sites excluding steroid dienone is 1. The lowest BCUT2D eigenvalue weighted by Gasteiger charge is -2.07. The van der Waals surface area contributed by atoms with Crippen LogP contribution in [-0.2, 0) is 0 Å². The van der Waals surface area contributed by atoms with Crippen LogP contribution < -0.4 is 0 Å². The fraction of sp³-hybridized carbons (Fsp3) is 0. The van der Waals surface area contributed by atoms with Crippen molar-refractivity contribution in [2.45, 2.75) is 0 Å². The topological polar surface area (TPSA) is 65.1 Å². The summed E-state index contributed by atoms with van der Waals surface area (Å²) >= 11 is 13.6. The van der Waals surface area contributed by atoms with Gasteiger partial charge in [-0.1, -0.05) is 41.4 Å². The van der Waals surface area contributed by atoms with E-state index in [1.54, 1.807) is 12.3 Å². The van der Waals surface area contributed by atoms with Crippen LogP contribution in [0.15, 0.2) is 76.9 Å². The van der Waals surface area contributed by atoms with E-state index in [9.17, 15) is 9.59 Å². The Labute approximate surface area is 201 Å². The monoisotopic (exact) mass is 490 g/mol. The Hall–Kier alpha value is -3.45. The number of aromatic nitrogens is 2. The second-order valence-corrected chi connectivity index (χ2v) is 9.30. The van der Waals surface area contributed by atoms with Crippen LogP contribution in [0, 0.1) is 0 Å². The zero-order valence-corrected chi connectivity index (χ0v) is 19.0. The summed E-state index contributed by atoms with van der Waals surface area (Å²) in [6, 6.07) is 18.1. The van der Waals surface area contributed by atoms with Crippen LogP contribution in [0.25, 0.3) is 32.9 Å². The molecule has 3 heterocycles.